The van der Waals surface area contributed by atoms with Gasteiger partial charge in [0.1, 0.15) is 0 Å². The maximum atomic E-state index is 12.1. The van der Waals surface area contributed by atoms with Gasteiger partial charge in [0.15, 0.2) is 0 Å². The van der Waals surface area contributed by atoms with E-state index in [9.17, 15) is 4.79 Å². The number of likely N-dealkylation sites (N-methyl/N-ethyl adjacent to an activating group) is 1. The first-order chi connectivity index (χ1) is 10.7. The minimum Gasteiger partial charge on any atom is -0.465 e. The van der Waals surface area contributed by atoms with Crippen LogP contribution in [0.15, 0.2) is 24.3 Å². The Kier molecular flexibility index (Phi) is 2.39. The van der Waals surface area contributed by atoms with Gasteiger partial charge in [-0.2, -0.15) is 0 Å². The minimum absolute atomic E-state index is 0.0234. The molecule has 1 aromatic carbocycles. The molecule has 2 fully saturated rings. The van der Waals surface area contributed by atoms with Gasteiger partial charge in [0.2, 0.25) is 0 Å². The van der Waals surface area contributed by atoms with Crippen molar-refractivity contribution in [2.24, 2.45) is 18.9 Å². The Balaban J connectivity index is 1.73. The number of para-hydroxylation sites is 1. The molecule has 1 aromatic heterocycles. The van der Waals surface area contributed by atoms with Crippen LogP contribution in [0.5, 0.6) is 0 Å². The summed E-state index contributed by atoms with van der Waals surface area (Å²) < 4.78 is 7.71. The summed E-state index contributed by atoms with van der Waals surface area (Å²) in [6.45, 7) is 0.603. The maximum absolute atomic E-state index is 12.1. The molecule has 4 atom stereocenters. The molecule has 22 heavy (non-hydrogen) atoms. The first-order valence-electron chi connectivity index (χ1n) is 8.11. The number of benzene rings is 1. The standard InChI is InChI=1S/C18H20N2O2/c1-19-15-7-11-10-5-3-4-6-14(10)20(2)17(11)16(19)8-12-13(15)9-22-18(12)21/h3-6,12-13,15-16H,7-9H2,1-2H3. The molecule has 0 amide bonds. The number of hydrogen-bond acceptors (Lipinski definition) is 3. The molecule has 4 heterocycles. The third kappa shape index (κ3) is 1.39. The zero-order chi connectivity index (χ0) is 15.0. The van der Waals surface area contributed by atoms with Crippen LogP contribution < -0.4 is 0 Å². The molecule has 0 radical (unpaired) electrons. The highest BCUT2D eigenvalue weighted by molar-refractivity contribution is 5.86. The Hall–Kier alpha value is -1.81. The van der Waals surface area contributed by atoms with Gasteiger partial charge in [0.25, 0.3) is 0 Å². The van der Waals surface area contributed by atoms with E-state index < -0.39 is 0 Å². The third-order valence-corrected chi connectivity index (χ3v) is 6.21. The first kappa shape index (κ1) is 12.7. The molecule has 5 rings (SSSR count). The van der Waals surface area contributed by atoms with Crippen molar-refractivity contribution in [3.8, 4) is 0 Å². The molecule has 0 aliphatic carbocycles. The summed E-state index contributed by atoms with van der Waals surface area (Å²) in [5, 5.41) is 1.38. The predicted octanol–water partition coefficient (Wildman–Crippen LogP) is 2.27. The van der Waals surface area contributed by atoms with Crippen LogP contribution in [0.2, 0.25) is 0 Å². The highest BCUT2D eigenvalue weighted by atomic mass is 16.5. The number of carbonyl (C=O) groups is 1. The zero-order valence-corrected chi connectivity index (χ0v) is 13.0. The van der Waals surface area contributed by atoms with Crippen molar-refractivity contribution in [1.29, 1.82) is 0 Å². The second-order valence-corrected chi connectivity index (χ2v) is 7.03. The summed E-state index contributed by atoms with van der Waals surface area (Å²) in [6, 6.07) is 9.43. The van der Waals surface area contributed by atoms with Crippen molar-refractivity contribution in [2.45, 2.75) is 24.9 Å². The molecule has 114 valence electrons. The maximum Gasteiger partial charge on any atom is 0.309 e. The molecule has 0 saturated carbocycles. The van der Waals surface area contributed by atoms with E-state index in [1.165, 1.54) is 22.2 Å². The Morgan fingerprint density at radius 1 is 1.23 bits per heavy atom. The Morgan fingerprint density at radius 2 is 2.05 bits per heavy atom. The van der Waals surface area contributed by atoms with E-state index in [0.717, 1.165) is 12.8 Å². The predicted molar refractivity (Wildman–Crippen MR) is 83.5 cm³/mol. The van der Waals surface area contributed by atoms with Gasteiger partial charge in [-0.3, -0.25) is 9.69 Å². The van der Waals surface area contributed by atoms with Crippen LogP contribution in [0.25, 0.3) is 10.9 Å². The lowest BCUT2D eigenvalue weighted by Gasteiger charge is -2.48. The van der Waals surface area contributed by atoms with Crippen molar-refractivity contribution in [2.75, 3.05) is 13.7 Å². The third-order valence-electron chi connectivity index (χ3n) is 6.21. The van der Waals surface area contributed by atoms with Gasteiger partial charge in [-0.05, 0) is 31.5 Å². The summed E-state index contributed by atoms with van der Waals surface area (Å²) in [7, 11) is 4.38. The number of aryl methyl sites for hydroxylation is 1. The second-order valence-electron chi connectivity index (χ2n) is 7.03. The lowest BCUT2D eigenvalue weighted by molar-refractivity contribution is -0.142. The van der Waals surface area contributed by atoms with E-state index in [1.54, 1.807) is 0 Å². The normalized spacial score (nSPS) is 33.6. The van der Waals surface area contributed by atoms with Crippen molar-refractivity contribution < 1.29 is 9.53 Å². The van der Waals surface area contributed by atoms with Crippen LogP contribution >= 0.6 is 0 Å². The molecule has 4 nitrogen and oxygen atoms in total. The van der Waals surface area contributed by atoms with E-state index in [4.69, 9.17) is 4.74 Å². The van der Waals surface area contributed by atoms with Crippen LogP contribution in [-0.4, -0.2) is 35.1 Å². The molecule has 3 aliphatic rings. The SMILES string of the molecule is CN1C2CC3C(=O)OCC3C1Cc1c2n(C)c2ccccc12. The molecule has 2 bridgehead atoms. The number of cyclic esters (lactones) is 1. The Labute approximate surface area is 129 Å². The fourth-order valence-electron chi connectivity index (χ4n) is 5.11. The number of nitrogens with zero attached hydrogens (tertiary/aromatic N) is 2. The number of fused-ring (bicyclic) bond motifs is 8. The summed E-state index contributed by atoms with van der Waals surface area (Å²) in [4.78, 5) is 14.6. The first-order valence-corrected chi connectivity index (χ1v) is 8.11. The van der Waals surface area contributed by atoms with Gasteiger partial charge in [0.05, 0.1) is 18.6 Å². The van der Waals surface area contributed by atoms with Gasteiger partial charge in [-0.15, -0.1) is 0 Å². The summed E-state index contributed by atoms with van der Waals surface area (Å²) in [6.07, 6.45) is 1.93. The lowest BCUT2D eigenvalue weighted by Crippen LogP contribution is -2.53. The molecular weight excluding hydrogens is 276 g/mol. The molecular formula is C18H20N2O2. The smallest absolute Gasteiger partial charge is 0.309 e. The molecule has 3 aliphatic heterocycles. The second kappa shape index (κ2) is 4.13. The molecule has 4 unspecified atom stereocenters. The number of piperidine rings is 1. The van der Waals surface area contributed by atoms with Gasteiger partial charge < -0.3 is 9.30 Å². The minimum atomic E-state index is 0.0234. The zero-order valence-electron chi connectivity index (χ0n) is 13.0. The number of carbonyl (C=O) groups excluding carboxylic acids is 1. The van der Waals surface area contributed by atoms with Gasteiger partial charge in [-0.1, -0.05) is 18.2 Å². The summed E-state index contributed by atoms with van der Waals surface area (Å²) in [5.74, 6) is 0.480. The molecule has 4 heteroatoms. The van der Waals surface area contributed by atoms with Gasteiger partial charge >= 0.3 is 5.97 Å². The van der Waals surface area contributed by atoms with Crippen LogP contribution in [-0.2, 0) is 23.0 Å². The number of ether oxygens (including phenoxy) is 1. The highest BCUT2D eigenvalue weighted by Gasteiger charge is 2.52. The van der Waals surface area contributed by atoms with Crippen LogP contribution in [0.1, 0.15) is 23.7 Å². The Morgan fingerprint density at radius 3 is 2.91 bits per heavy atom. The topological polar surface area (TPSA) is 34.5 Å². The molecule has 0 spiro atoms. The summed E-state index contributed by atoms with van der Waals surface area (Å²) >= 11 is 0. The monoisotopic (exact) mass is 296 g/mol. The number of rotatable bonds is 0. The molecule has 0 N–H and O–H groups in total. The van der Waals surface area contributed by atoms with Crippen molar-refractivity contribution in [3.63, 3.8) is 0 Å². The van der Waals surface area contributed by atoms with E-state index in [0.29, 0.717) is 24.6 Å². The van der Waals surface area contributed by atoms with Gasteiger partial charge in [0, 0.05) is 35.6 Å². The highest BCUT2D eigenvalue weighted by Crippen LogP contribution is 2.50. The quantitative estimate of drug-likeness (QED) is 0.700. The van der Waals surface area contributed by atoms with Gasteiger partial charge in [-0.25, -0.2) is 0 Å². The van der Waals surface area contributed by atoms with E-state index in [-0.39, 0.29) is 11.9 Å². The van der Waals surface area contributed by atoms with Crippen molar-refractivity contribution in [1.82, 2.24) is 9.47 Å². The van der Waals surface area contributed by atoms with Crippen LogP contribution in [0.4, 0.5) is 0 Å². The van der Waals surface area contributed by atoms with Crippen LogP contribution in [0, 0.1) is 11.8 Å². The van der Waals surface area contributed by atoms with E-state index >= 15 is 0 Å². The van der Waals surface area contributed by atoms with Crippen molar-refractivity contribution in [3.05, 3.63) is 35.5 Å². The fraction of sp³-hybridized carbons (Fsp3) is 0.500. The molecule has 2 saturated heterocycles. The number of aromatic nitrogens is 1. The fourth-order valence-corrected chi connectivity index (χ4v) is 5.11. The van der Waals surface area contributed by atoms with Crippen molar-refractivity contribution >= 4 is 16.9 Å². The molecule has 2 aromatic rings. The number of hydrogen-bond donors (Lipinski definition) is 0. The average molecular weight is 296 g/mol. The van der Waals surface area contributed by atoms with E-state index in [1.807, 2.05) is 0 Å². The summed E-state index contributed by atoms with van der Waals surface area (Å²) in [5.41, 5.74) is 4.20. The number of esters is 1. The average Bonchev–Trinajstić information content (AvgIpc) is 3.00. The Bertz CT molecular complexity index is 794. The lowest BCUT2D eigenvalue weighted by atomic mass is 9.72. The van der Waals surface area contributed by atoms with Crippen LogP contribution in [0.3, 0.4) is 0 Å². The van der Waals surface area contributed by atoms with E-state index in [2.05, 4.69) is 47.8 Å². The largest absolute Gasteiger partial charge is 0.465 e.